The van der Waals surface area contributed by atoms with E-state index in [1.54, 1.807) is 12.1 Å². The second-order valence-corrected chi connectivity index (χ2v) is 9.76. The molecule has 8 nitrogen and oxygen atoms in total. The Balaban J connectivity index is 1.42. The molecule has 11 heteroatoms. The minimum Gasteiger partial charge on any atom is -0.293 e. The Morgan fingerprint density at radius 2 is 1.92 bits per heavy atom. The lowest BCUT2D eigenvalue weighted by atomic mass is 10.3. The van der Waals surface area contributed by atoms with Gasteiger partial charge in [-0.3, -0.25) is 4.90 Å². The second kappa shape index (κ2) is 7.16. The van der Waals surface area contributed by atoms with Gasteiger partial charge in [-0.15, -0.1) is 5.10 Å². The average Bonchev–Trinajstić information content (AvgIpc) is 3.35. The molecule has 2 aromatic rings. The molecule has 1 aliphatic heterocycles. The van der Waals surface area contributed by atoms with Gasteiger partial charge in [-0.25, -0.2) is 13.1 Å². The largest absolute Gasteiger partial charge is 0.293 e. The van der Waals surface area contributed by atoms with E-state index >= 15 is 0 Å². The van der Waals surface area contributed by atoms with E-state index in [4.69, 9.17) is 11.6 Å². The van der Waals surface area contributed by atoms with Gasteiger partial charge >= 0.3 is 0 Å². The Morgan fingerprint density at radius 1 is 1.19 bits per heavy atom. The van der Waals surface area contributed by atoms with Crippen LogP contribution in [0.3, 0.4) is 0 Å². The van der Waals surface area contributed by atoms with Crippen LogP contribution in [0.1, 0.15) is 24.7 Å². The summed E-state index contributed by atoms with van der Waals surface area (Å²) < 4.78 is 29.9. The van der Waals surface area contributed by atoms with Crippen LogP contribution in [0.4, 0.5) is 0 Å². The van der Waals surface area contributed by atoms with Crippen molar-refractivity contribution in [3.63, 3.8) is 0 Å². The smallest absolute Gasteiger partial charge is 0.244 e. The number of tetrazole rings is 1. The number of halogens is 2. The fraction of sp³-hybridized carbons (Fsp3) is 0.533. The van der Waals surface area contributed by atoms with Crippen molar-refractivity contribution in [3.05, 3.63) is 33.5 Å². The summed E-state index contributed by atoms with van der Waals surface area (Å²) in [6.45, 7) is 2.73. The van der Waals surface area contributed by atoms with Crippen molar-refractivity contribution in [3.8, 4) is 0 Å². The van der Waals surface area contributed by atoms with Gasteiger partial charge < -0.3 is 0 Å². The maximum absolute atomic E-state index is 12.9. The molecule has 1 aliphatic carbocycles. The number of hydrogen-bond donors (Lipinski definition) is 0. The van der Waals surface area contributed by atoms with Crippen LogP contribution in [-0.2, 0) is 16.6 Å². The van der Waals surface area contributed by atoms with Gasteiger partial charge in [0.15, 0.2) is 5.82 Å². The van der Waals surface area contributed by atoms with E-state index in [2.05, 4.69) is 36.4 Å². The van der Waals surface area contributed by atoms with Crippen LogP contribution in [0.25, 0.3) is 0 Å². The van der Waals surface area contributed by atoms with Gasteiger partial charge in [0.25, 0.3) is 0 Å². The van der Waals surface area contributed by atoms with E-state index in [0.717, 1.165) is 23.1 Å². The lowest BCUT2D eigenvalue weighted by molar-refractivity contribution is 0.175. The predicted molar refractivity (Wildman–Crippen MR) is 99.3 cm³/mol. The first-order valence-corrected chi connectivity index (χ1v) is 11.0. The Bertz CT molecular complexity index is 909. The number of nitrogens with zero attached hydrogens (tertiary/aromatic N) is 6. The van der Waals surface area contributed by atoms with E-state index in [0.29, 0.717) is 38.8 Å². The van der Waals surface area contributed by atoms with E-state index in [9.17, 15) is 8.42 Å². The van der Waals surface area contributed by atoms with E-state index < -0.39 is 10.0 Å². The molecule has 140 valence electrons. The standard InChI is InChI=1S/C15H18BrClN6O2S/c16-11-1-4-14(13(17)9-11)26(24,25)22-7-5-21(6-8-22)10-15-18-19-20-23(15)12-2-3-12/h1,4,9,12H,2-3,5-8,10H2. The summed E-state index contributed by atoms with van der Waals surface area (Å²) in [5, 5.41) is 12.2. The molecule has 2 heterocycles. The lowest BCUT2D eigenvalue weighted by Crippen LogP contribution is -2.48. The molecular formula is C15H18BrClN6O2S. The zero-order valence-electron chi connectivity index (χ0n) is 13.9. The van der Waals surface area contributed by atoms with Crippen molar-refractivity contribution in [2.24, 2.45) is 0 Å². The lowest BCUT2D eigenvalue weighted by Gasteiger charge is -2.33. The van der Waals surface area contributed by atoms with Crippen molar-refractivity contribution in [2.45, 2.75) is 30.3 Å². The number of aromatic nitrogens is 4. The molecule has 4 rings (SSSR count). The quantitative estimate of drug-likeness (QED) is 0.676. The molecule has 2 fully saturated rings. The summed E-state index contributed by atoms with van der Waals surface area (Å²) in [6.07, 6.45) is 2.25. The van der Waals surface area contributed by atoms with Crippen molar-refractivity contribution in [1.29, 1.82) is 0 Å². The molecule has 0 atom stereocenters. The van der Waals surface area contributed by atoms with Gasteiger partial charge in [0.1, 0.15) is 4.90 Å². The second-order valence-electron chi connectivity index (χ2n) is 6.53. The van der Waals surface area contributed by atoms with Crippen LogP contribution in [0, 0.1) is 0 Å². The van der Waals surface area contributed by atoms with Crippen LogP contribution in [0.5, 0.6) is 0 Å². The SMILES string of the molecule is O=S(=O)(c1ccc(Br)cc1Cl)N1CCN(Cc2nnnn2C2CC2)CC1. The monoisotopic (exact) mass is 460 g/mol. The molecule has 1 saturated carbocycles. The highest BCUT2D eigenvalue weighted by Gasteiger charge is 2.32. The Labute approximate surface area is 165 Å². The fourth-order valence-corrected chi connectivity index (χ4v) is 5.50. The Kier molecular flexibility index (Phi) is 5.04. The van der Waals surface area contributed by atoms with E-state index in [-0.39, 0.29) is 9.92 Å². The predicted octanol–water partition coefficient (Wildman–Crippen LogP) is 1.93. The maximum atomic E-state index is 12.9. The highest BCUT2D eigenvalue weighted by molar-refractivity contribution is 9.10. The molecule has 0 spiro atoms. The van der Waals surface area contributed by atoms with E-state index in [1.807, 2.05) is 4.68 Å². The third-order valence-corrected chi connectivity index (χ3v) is 7.54. The summed E-state index contributed by atoms with van der Waals surface area (Å²) in [4.78, 5) is 2.33. The average molecular weight is 462 g/mol. The third kappa shape index (κ3) is 3.65. The molecule has 0 unspecified atom stereocenters. The molecular weight excluding hydrogens is 444 g/mol. The van der Waals surface area contributed by atoms with Gasteiger partial charge in [0.2, 0.25) is 10.0 Å². The molecule has 2 aliphatic rings. The summed E-state index contributed by atoms with van der Waals surface area (Å²) >= 11 is 9.44. The summed E-state index contributed by atoms with van der Waals surface area (Å²) in [6, 6.07) is 5.26. The molecule has 1 aromatic heterocycles. The van der Waals surface area contributed by atoms with Gasteiger partial charge in [0.05, 0.1) is 17.6 Å². The van der Waals surface area contributed by atoms with Gasteiger partial charge in [-0.2, -0.15) is 4.31 Å². The molecule has 0 radical (unpaired) electrons. The van der Waals surface area contributed by atoms with Crippen molar-refractivity contribution < 1.29 is 8.42 Å². The van der Waals surface area contributed by atoms with Crippen LogP contribution >= 0.6 is 27.5 Å². The summed E-state index contributed by atoms with van der Waals surface area (Å²) in [5.74, 6) is 0.847. The molecule has 1 aromatic carbocycles. The van der Waals surface area contributed by atoms with Gasteiger partial charge in [-0.1, -0.05) is 27.5 Å². The first kappa shape index (κ1) is 18.3. The summed E-state index contributed by atoms with van der Waals surface area (Å²) in [5.41, 5.74) is 0. The van der Waals surface area contributed by atoms with Crippen molar-refractivity contribution in [1.82, 2.24) is 29.4 Å². The van der Waals surface area contributed by atoms with Crippen LogP contribution in [0.2, 0.25) is 5.02 Å². The molecule has 26 heavy (non-hydrogen) atoms. The Morgan fingerprint density at radius 3 is 2.58 bits per heavy atom. The van der Waals surface area contributed by atoms with Crippen molar-refractivity contribution in [2.75, 3.05) is 26.2 Å². The first-order chi connectivity index (χ1) is 12.4. The molecule has 0 N–H and O–H groups in total. The van der Waals surface area contributed by atoms with Crippen molar-refractivity contribution >= 4 is 37.6 Å². The number of sulfonamides is 1. The van der Waals surface area contributed by atoms with Gasteiger partial charge in [0, 0.05) is 30.7 Å². The van der Waals surface area contributed by atoms with Crippen LogP contribution in [-0.4, -0.2) is 64.0 Å². The third-order valence-electron chi connectivity index (χ3n) is 4.66. The van der Waals surface area contributed by atoms with Crippen LogP contribution in [0.15, 0.2) is 27.6 Å². The highest BCUT2D eigenvalue weighted by atomic mass is 79.9. The normalized spacial score (nSPS) is 19.8. The minimum absolute atomic E-state index is 0.147. The zero-order valence-corrected chi connectivity index (χ0v) is 17.1. The fourth-order valence-electron chi connectivity index (χ4n) is 3.07. The topological polar surface area (TPSA) is 84.2 Å². The maximum Gasteiger partial charge on any atom is 0.244 e. The molecule has 0 bridgehead atoms. The first-order valence-electron chi connectivity index (χ1n) is 8.39. The number of rotatable bonds is 5. The summed E-state index contributed by atoms with van der Waals surface area (Å²) in [7, 11) is -3.60. The number of piperazine rings is 1. The number of hydrogen-bond acceptors (Lipinski definition) is 6. The molecule has 1 saturated heterocycles. The number of benzene rings is 1. The zero-order chi connectivity index (χ0) is 18.3. The van der Waals surface area contributed by atoms with Crippen LogP contribution < -0.4 is 0 Å². The minimum atomic E-state index is -3.60. The highest BCUT2D eigenvalue weighted by Crippen LogP contribution is 2.34. The van der Waals surface area contributed by atoms with Gasteiger partial charge in [-0.05, 0) is 41.5 Å². The Hall–Kier alpha value is -1.07. The molecule has 0 amide bonds. The van der Waals surface area contributed by atoms with E-state index in [1.165, 1.54) is 10.4 Å².